The second-order valence-electron chi connectivity index (χ2n) is 12.8. The van der Waals surface area contributed by atoms with Gasteiger partial charge in [0.15, 0.2) is 11.4 Å². The maximum atomic E-state index is 6.18. The van der Waals surface area contributed by atoms with E-state index in [4.69, 9.17) is 14.4 Å². The molecule has 51 heavy (non-hydrogen) atoms. The van der Waals surface area contributed by atoms with E-state index < -0.39 is 0 Å². The Kier molecular flexibility index (Phi) is 6.81. The lowest BCUT2D eigenvalue weighted by Crippen LogP contribution is -2.33. The van der Waals surface area contributed by atoms with Gasteiger partial charge in [-0.3, -0.25) is 4.98 Å². The number of hydrogen-bond donors (Lipinski definition) is 1. The Morgan fingerprint density at radius 1 is 0.510 bits per heavy atom. The number of aromatic nitrogens is 1. The van der Waals surface area contributed by atoms with Crippen LogP contribution in [0.25, 0.3) is 65.9 Å². The average Bonchev–Trinajstić information content (AvgIpc) is 3.60. The van der Waals surface area contributed by atoms with Gasteiger partial charge in [-0.25, -0.2) is 9.98 Å². The van der Waals surface area contributed by atoms with Crippen molar-refractivity contribution in [3.8, 4) is 22.3 Å². The first-order valence-corrected chi connectivity index (χ1v) is 17.1. The molecule has 0 radical (unpaired) electrons. The molecule has 1 aliphatic rings. The first-order chi connectivity index (χ1) is 25.3. The second-order valence-corrected chi connectivity index (χ2v) is 12.8. The van der Waals surface area contributed by atoms with E-state index in [-0.39, 0.29) is 6.17 Å². The van der Waals surface area contributed by atoms with Gasteiger partial charge in [0.1, 0.15) is 23.1 Å². The molecule has 1 aliphatic heterocycles. The van der Waals surface area contributed by atoms with Crippen LogP contribution in [-0.2, 0) is 0 Å². The highest BCUT2D eigenvalue weighted by Gasteiger charge is 2.22. The Bertz CT molecular complexity index is 2830. The lowest BCUT2D eigenvalue weighted by molar-refractivity contribution is 0.668. The van der Waals surface area contributed by atoms with Crippen LogP contribution < -0.4 is 5.32 Å². The minimum absolute atomic E-state index is 0.277. The van der Waals surface area contributed by atoms with Gasteiger partial charge in [0, 0.05) is 17.3 Å². The molecule has 240 valence electrons. The normalized spacial score (nSPS) is 14.5. The molecule has 0 saturated heterocycles. The topological polar surface area (TPSA) is 62.8 Å². The van der Waals surface area contributed by atoms with Crippen molar-refractivity contribution in [3.05, 3.63) is 187 Å². The van der Waals surface area contributed by atoms with Crippen LogP contribution in [0.5, 0.6) is 0 Å². The summed E-state index contributed by atoms with van der Waals surface area (Å²) in [6.45, 7) is 0. The summed E-state index contributed by atoms with van der Waals surface area (Å²) in [5.74, 6) is 1.51. The van der Waals surface area contributed by atoms with Crippen LogP contribution in [0.15, 0.2) is 184 Å². The first kappa shape index (κ1) is 29.1. The molecule has 1 N–H and O–H groups in total. The summed E-state index contributed by atoms with van der Waals surface area (Å²) in [6.07, 6.45) is 1.55. The van der Waals surface area contributed by atoms with Crippen molar-refractivity contribution in [2.75, 3.05) is 0 Å². The van der Waals surface area contributed by atoms with Gasteiger partial charge in [-0.2, -0.15) is 0 Å². The highest BCUT2D eigenvalue weighted by molar-refractivity contribution is 6.16. The minimum atomic E-state index is -0.277. The number of nitrogens with zero attached hydrogens (tertiary/aromatic N) is 3. The first-order valence-electron chi connectivity index (χ1n) is 17.1. The summed E-state index contributed by atoms with van der Waals surface area (Å²) in [5.41, 5.74) is 10.2. The third-order valence-corrected chi connectivity index (χ3v) is 9.80. The number of furan rings is 1. The van der Waals surface area contributed by atoms with Crippen LogP contribution >= 0.6 is 0 Å². The van der Waals surface area contributed by atoms with Gasteiger partial charge < -0.3 is 9.73 Å². The smallest absolute Gasteiger partial charge is 0.159 e. The third-order valence-electron chi connectivity index (χ3n) is 9.80. The molecular weight excluding hydrogens is 625 g/mol. The molecule has 0 amide bonds. The average molecular weight is 655 g/mol. The van der Waals surface area contributed by atoms with Crippen LogP contribution in [-0.4, -0.2) is 16.7 Å². The number of rotatable bonds is 5. The highest BCUT2D eigenvalue weighted by atomic mass is 16.3. The van der Waals surface area contributed by atoms with Crippen LogP contribution in [0.2, 0.25) is 0 Å². The number of nitrogens with one attached hydrogen (secondary N) is 1. The monoisotopic (exact) mass is 654 g/mol. The Labute approximate surface area is 294 Å². The zero-order valence-corrected chi connectivity index (χ0v) is 27.5. The van der Waals surface area contributed by atoms with Gasteiger partial charge in [0.2, 0.25) is 0 Å². The number of pyridine rings is 1. The van der Waals surface area contributed by atoms with E-state index in [9.17, 15) is 0 Å². The number of hydrogen-bond acceptors (Lipinski definition) is 5. The zero-order chi connectivity index (χ0) is 33.7. The standard InChI is InChI=1S/C46H30N4O/c1-2-11-31(12-3-1)44-48-45(50-46(49-44)34-24-19-29-10-4-5-13-33(29)28-34)32-22-20-30(21-23-32)35-25-26-38(37-15-7-6-14-36(35)37)39-16-8-17-40-42(39)43-41(51-40)18-9-27-47-43/h1-28,46H,(H,48,49,50). The van der Waals surface area contributed by atoms with Crippen molar-refractivity contribution in [1.29, 1.82) is 0 Å². The highest BCUT2D eigenvalue weighted by Crippen LogP contribution is 2.41. The fraction of sp³-hybridized carbons (Fsp3) is 0.0217. The summed E-state index contributed by atoms with van der Waals surface area (Å²) in [6, 6.07) is 57.0. The fourth-order valence-electron chi connectivity index (χ4n) is 7.32. The summed E-state index contributed by atoms with van der Waals surface area (Å²) >= 11 is 0. The van der Waals surface area contributed by atoms with Crippen LogP contribution in [0, 0.1) is 0 Å². The molecule has 7 aromatic carbocycles. The van der Waals surface area contributed by atoms with Gasteiger partial charge in [-0.05, 0) is 73.6 Å². The van der Waals surface area contributed by atoms with Crippen LogP contribution in [0.3, 0.4) is 0 Å². The number of benzene rings is 7. The van der Waals surface area contributed by atoms with E-state index in [0.29, 0.717) is 5.84 Å². The predicted octanol–water partition coefficient (Wildman–Crippen LogP) is 11.1. The van der Waals surface area contributed by atoms with Crippen molar-refractivity contribution in [2.24, 2.45) is 9.98 Å². The van der Waals surface area contributed by atoms with E-state index in [1.54, 1.807) is 0 Å². The Balaban J connectivity index is 1.03. The predicted molar refractivity (Wildman–Crippen MR) is 209 cm³/mol. The molecule has 0 saturated carbocycles. The number of aliphatic imine (C=N–C) groups is 2. The lowest BCUT2D eigenvalue weighted by Gasteiger charge is -2.24. The molecule has 0 spiro atoms. The van der Waals surface area contributed by atoms with Gasteiger partial charge >= 0.3 is 0 Å². The maximum absolute atomic E-state index is 6.18. The molecule has 1 unspecified atom stereocenters. The summed E-state index contributed by atoms with van der Waals surface area (Å²) in [4.78, 5) is 14.8. The lowest BCUT2D eigenvalue weighted by atomic mass is 9.90. The quantitative estimate of drug-likeness (QED) is 0.201. The van der Waals surface area contributed by atoms with E-state index in [1.807, 2.05) is 42.6 Å². The molecule has 0 fully saturated rings. The molecule has 0 bridgehead atoms. The molecular formula is C46H30N4O. The van der Waals surface area contributed by atoms with Gasteiger partial charge in [0.05, 0.1) is 5.39 Å². The van der Waals surface area contributed by atoms with Gasteiger partial charge in [-0.15, -0.1) is 0 Å². The van der Waals surface area contributed by atoms with Crippen LogP contribution in [0.1, 0.15) is 22.9 Å². The molecule has 5 heteroatoms. The Hall–Kier alpha value is -6.85. The van der Waals surface area contributed by atoms with Crippen molar-refractivity contribution in [2.45, 2.75) is 6.17 Å². The molecule has 10 rings (SSSR count). The zero-order valence-electron chi connectivity index (χ0n) is 27.5. The number of amidine groups is 2. The molecule has 9 aromatic rings. The number of fused-ring (bicyclic) bond motifs is 5. The molecule has 3 heterocycles. The summed E-state index contributed by atoms with van der Waals surface area (Å²) in [5, 5.41) is 9.43. The van der Waals surface area contributed by atoms with E-state index >= 15 is 0 Å². The molecule has 2 aromatic heterocycles. The van der Waals surface area contributed by atoms with E-state index in [2.05, 4.69) is 138 Å². The summed E-state index contributed by atoms with van der Waals surface area (Å²) < 4.78 is 6.18. The maximum Gasteiger partial charge on any atom is 0.159 e. The van der Waals surface area contributed by atoms with Gasteiger partial charge in [-0.1, -0.05) is 140 Å². The van der Waals surface area contributed by atoms with Crippen molar-refractivity contribution < 1.29 is 4.42 Å². The fourth-order valence-corrected chi connectivity index (χ4v) is 7.32. The largest absolute Gasteiger partial charge is 0.454 e. The van der Waals surface area contributed by atoms with Crippen molar-refractivity contribution in [3.63, 3.8) is 0 Å². The molecule has 0 aliphatic carbocycles. The van der Waals surface area contributed by atoms with E-state index in [1.165, 1.54) is 27.1 Å². The molecule has 5 nitrogen and oxygen atoms in total. The molecule has 1 atom stereocenters. The van der Waals surface area contributed by atoms with Gasteiger partial charge in [0.25, 0.3) is 0 Å². The second kappa shape index (κ2) is 11.9. The minimum Gasteiger partial charge on any atom is -0.454 e. The van der Waals surface area contributed by atoms with Crippen LogP contribution in [0.4, 0.5) is 0 Å². The Morgan fingerprint density at radius 3 is 2.10 bits per heavy atom. The SMILES string of the molecule is c1ccc(C2=NC(c3ccc4ccccc4c3)NC(c3ccc(-c4ccc(-c5cccc6oc7cccnc7c56)c5ccccc45)cc3)=N2)cc1. The van der Waals surface area contributed by atoms with Crippen molar-refractivity contribution in [1.82, 2.24) is 10.3 Å². The third kappa shape index (κ3) is 5.06. The summed E-state index contributed by atoms with van der Waals surface area (Å²) in [7, 11) is 0. The Morgan fingerprint density at radius 2 is 1.24 bits per heavy atom. The van der Waals surface area contributed by atoms with E-state index in [0.717, 1.165) is 61.3 Å². The van der Waals surface area contributed by atoms with Crippen molar-refractivity contribution >= 4 is 55.3 Å².